The van der Waals surface area contributed by atoms with Crippen LogP contribution in [0.4, 0.5) is 0 Å². The Bertz CT molecular complexity index is 292. The van der Waals surface area contributed by atoms with Gasteiger partial charge in [0.25, 0.3) is 0 Å². The van der Waals surface area contributed by atoms with E-state index in [0.29, 0.717) is 0 Å². The first-order valence-electron chi connectivity index (χ1n) is 4.09. The molecule has 0 saturated carbocycles. The minimum absolute atomic E-state index is 0.553. The normalized spacial score (nSPS) is 14.5. The molecule has 3 heteroatoms. The number of benzene rings is 1. The van der Waals surface area contributed by atoms with Crippen LogP contribution in [0.1, 0.15) is 11.7 Å². The molecule has 0 heterocycles. The number of rotatable bonds is 3. The Morgan fingerprint density at radius 3 is 2.46 bits per heavy atom. The smallest absolute Gasteiger partial charge is 0.125 e. The van der Waals surface area contributed by atoms with Crippen LogP contribution in [-0.2, 0) is 0 Å². The van der Waals surface area contributed by atoms with E-state index in [1.807, 2.05) is 24.3 Å². The summed E-state index contributed by atoms with van der Waals surface area (Å²) >= 11 is 0. The maximum Gasteiger partial charge on any atom is 0.125 e. The Morgan fingerprint density at radius 1 is 1.38 bits per heavy atom. The lowest BCUT2D eigenvalue weighted by atomic mass is 10.0. The zero-order valence-electron chi connectivity index (χ0n) is 7.44. The van der Waals surface area contributed by atoms with Crippen LogP contribution >= 0.6 is 0 Å². The third-order valence-electron chi connectivity index (χ3n) is 1.91. The first-order valence-corrected chi connectivity index (χ1v) is 4.09. The average Bonchev–Trinajstić information content (AvgIpc) is 2.21. The third-order valence-corrected chi connectivity index (χ3v) is 1.91. The first kappa shape index (κ1) is 9.72. The largest absolute Gasteiger partial charge is 0.386 e. The summed E-state index contributed by atoms with van der Waals surface area (Å²) in [5.74, 6) is 0. The number of aliphatic hydroxyl groups excluding tert-OH is 1. The van der Waals surface area contributed by atoms with E-state index in [-0.39, 0.29) is 0 Å². The van der Waals surface area contributed by atoms with E-state index in [9.17, 15) is 5.11 Å². The number of likely N-dealkylation sites (N-methyl/N-ethyl adjacent to an activating group) is 1. The van der Waals surface area contributed by atoms with Gasteiger partial charge in [-0.2, -0.15) is 5.26 Å². The molecule has 0 aromatic heterocycles. The van der Waals surface area contributed by atoms with Crippen molar-refractivity contribution in [3.8, 4) is 6.07 Å². The lowest BCUT2D eigenvalue weighted by Gasteiger charge is -2.15. The summed E-state index contributed by atoms with van der Waals surface area (Å²) in [7, 11) is 1.65. The molecule has 2 atom stereocenters. The molecule has 68 valence electrons. The Kier molecular flexibility index (Phi) is 3.44. The number of hydrogen-bond donors (Lipinski definition) is 2. The van der Waals surface area contributed by atoms with Gasteiger partial charge >= 0.3 is 0 Å². The third kappa shape index (κ3) is 2.28. The summed E-state index contributed by atoms with van der Waals surface area (Å²) in [4.78, 5) is 0. The molecule has 0 bridgehead atoms. The predicted molar refractivity (Wildman–Crippen MR) is 49.9 cm³/mol. The number of aliphatic hydroxyl groups is 1. The quantitative estimate of drug-likeness (QED) is 0.717. The lowest BCUT2D eigenvalue weighted by molar-refractivity contribution is 0.154. The van der Waals surface area contributed by atoms with E-state index in [1.54, 1.807) is 19.2 Å². The second kappa shape index (κ2) is 4.61. The zero-order chi connectivity index (χ0) is 9.68. The Labute approximate surface area is 77.6 Å². The predicted octanol–water partition coefficient (Wildman–Crippen LogP) is 0.832. The minimum Gasteiger partial charge on any atom is -0.386 e. The van der Waals surface area contributed by atoms with Gasteiger partial charge in [0.1, 0.15) is 12.1 Å². The van der Waals surface area contributed by atoms with E-state index >= 15 is 0 Å². The second-order valence-electron chi connectivity index (χ2n) is 2.75. The number of nitrogens with one attached hydrogen (secondary N) is 1. The minimum atomic E-state index is -0.767. The van der Waals surface area contributed by atoms with Gasteiger partial charge in [0.05, 0.1) is 6.07 Å². The monoisotopic (exact) mass is 176 g/mol. The highest BCUT2D eigenvalue weighted by molar-refractivity contribution is 5.20. The SMILES string of the molecule is CN[C@@H](C#N)[C@H](O)c1ccccc1. The van der Waals surface area contributed by atoms with Crippen LogP contribution < -0.4 is 5.32 Å². The van der Waals surface area contributed by atoms with Gasteiger partial charge < -0.3 is 10.4 Å². The summed E-state index contributed by atoms with van der Waals surface area (Å²) in [5.41, 5.74) is 0.753. The van der Waals surface area contributed by atoms with Gasteiger partial charge in [0, 0.05) is 0 Å². The molecule has 0 spiro atoms. The fourth-order valence-electron chi connectivity index (χ4n) is 1.14. The van der Waals surface area contributed by atoms with Crippen molar-refractivity contribution in [3.63, 3.8) is 0 Å². The molecule has 0 unspecified atom stereocenters. The van der Waals surface area contributed by atoms with Crippen molar-refractivity contribution in [1.29, 1.82) is 5.26 Å². The standard InChI is InChI=1S/C10H12N2O/c1-12-9(7-11)10(13)8-5-3-2-4-6-8/h2-6,9-10,12-13H,1H3/t9-,10+/m0/s1. The summed E-state index contributed by atoms with van der Waals surface area (Å²) in [5, 5.41) is 21.1. The molecule has 0 saturated heterocycles. The highest BCUT2D eigenvalue weighted by atomic mass is 16.3. The maximum atomic E-state index is 9.70. The van der Waals surface area contributed by atoms with Crippen LogP contribution in [0.5, 0.6) is 0 Å². The first-order chi connectivity index (χ1) is 6.29. The lowest BCUT2D eigenvalue weighted by Crippen LogP contribution is -2.30. The maximum absolute atomic E-state index is 9.70. The van der Waals surface area contributed by atoms with Crippen molar-refractivity contribution in [2.75, 3.05) is 7.05 Å². The van der Waals surface area contributed by atoms with Gasteiger partial charge in [-0.25, -0.2) is 0 Å². The number of nitriles is 1. The van der Waals surface area contributed by atoms with Crippen LogP contribution in [0.2, 0.25) is 0 Å². The van der Waals surface area contributed by atoms with E-state index < -0.39 is 12.1 Å². The molecular weight excluding hydrogens is 164 g/mol. The molecule has 0 fully saturated rings. The molecule has 13 heavy (non-hydrogen) atoms. The van der Waals surface area contributed by atoms with Gasteiger partial charge in [-0.1, -0.05) is 30.3 Å². The molecule has 0 aliphatic carbocycles. The highest BCUT2D eigenvalue weighted by Crippen LogP contribution is 2.15. The number of nitrogens with zero attached hydrogens (tertiary/aromatic N) is 1. The van der Waals surface area contributed by atoms with Gasteiger partial charge in [0.15, 0.2) is 0 Å². The van der Waals surface area contributed by atoms with Crippen LogP contribution in [0, 0.1) is 11.3 Å². The Hall–Kier alpha value is -1.37. The summed E-state index contributed by atoms with van der Waals surface area (Å²) in [6.45, 7) is 0. The van der Waals surface area contributed by atoms with Gasteiger partial charge in [-0.05, 0) is 12.6 Å². The number of hydrogen-bond acceptors (Lipinski definition) is 3. The van der Waals surface area contributed by atoms with Gasteiger partial charge in [-0.3, -0.25) is 0 Å². The van der Waals surface area contributed by atoms with Crippen molar-refractivity contribution in [2.24, 2.45) is 0 Å². The molecule has 2 N–H and O–H groups in total. The van der Waals surface area contributed by atoms with Crippen molar-refractivity contribution in [2.45, 2.75) is 12.1 Å². The van der Waals surface area contributed by atoms with Gasteiger partial charge in [-0.15, -0.1) is 0 Å². The Balaban J connectivity index is 2.79. The zero-order valence-corrected chi connectivity index (χ0v) is 7.44. The molecule has 1 rings (SSSR count). The average molecular weight is 176 g/mol. The topological polar surface area (TPSA) is 56.0 Å². The molecule has 0 radical (unpaired) electrons. The van der Waals surface area contributed by atoms with Crippen molar-refractivity contribution >= 4 is 0 Å². The molecule has 0 aliphatic heterocycles. The Morgan fingerprint density at radius 2 is 2.00 bits per heavy atom. The van der Waals surface area contributed by atoms with Crippen molar-refractivity contribution in [3.05, 3.63) is 35.9 Å². The summed E-state index contributed by atoms with van der Waals surface area (Å²) < 4.78 is 0. The van der Waals surface area contributed by atoms with E-state index in [1.165, 1.54) is 0 Å². The molecule has 1 aromatic carbocycles. The summed E-state index contributed by atoms with van der Waals surface area (Å²) in [6, 6.07) is 10.6. The second-order valence-corrected chi connectivity index (χ2v) is 2.75. The van der Waals surface area contributed by atoms with E-state index in [0.717, 1.165) is 5.56 Å². The molecule has 0 amide bonds. The van der Waals surface area contributed by atoms with E-state index in [4.69, 9.17) is 5.26 Å². The van der Waals surface area contributed by atoms with Crippen molar-refractivity contribution in [1.82, 2.24) is 5.32 Å². The fourth-order valence-corrected chi connectivity index (χ4v) is 1.14. The molecule has 1 aromatic rings. The van der Waals surface area contributed by atoms with Crippen molar-refractivity contribution < 1.29 is 5.11 Å². The molecular formula is C10H12N2O. The van der Waals surface area contributed by atoms with E-state index in [2.05, 4.69) is 5.32 Å². The molecule has 3 nitrogen and oxygen atoms in total. The summed E-state index contributed by atoms with van der Waals surface area (Å²) in [6.07, 6.45) is -0.767. The highest BCUT2D eigenvalue weighted by Gasteiger charge is 2.17. The van der Waals surface area contributed by atoms with Gasteiger partial charge in [0.2, 0.25) is 0 Å². The fraction of sp³-hybridized carbons (Fsp3) is 0.300. The molecule has 0 aliphatic rings. The van der Waals surface area contributed by atoms with Crippen LogP contribution in [-0.4, -0.2) is 18.2 Å². The van der Waals surface area contributed by atoms with Crippen LogP contribution in [0.25, 0.3) is 0 Å². The van der Waals surface area contributed by atoms with Crippen LogP contribution in [0.3, 0.4) is 0 Å². The van der Waals surface area contributed by atoms with Crippen LogP contribution in [0.15, 0.2) is 30.3 Å².